The first kappa shape index (κ1) is 24.2. The van der Waals surface area contributed by atoms with Gasteiger partial charge in [-0.1, -0.05) is 24.3 Å². The molecule has 2 aromatic carbocycles. The van der Waals surface area contributed by atoms with Crippen molar-refractivity contribution in [2.45, 2.75) is 18.6 Å². The predicted molar refractivity (Wildman–Crippen MR) is 112 cm³/mol. The zero-order valence-electron chi connectivity index (χ0n) is 17.3. The van der Waals surface area contributed by atoms with Crippen molar-refractivity contribution in [3.05, 3.63) is 75.3 Å². The molecule has 2 rings (SSSR count). The van der Waals surface area contributed by atoms with Crippen LogP contribution < -0.4 is 5.32 Å². The molecule has 0 saturated carbocycles. The van der Waals surface area contributed by atoms with Crippen LogP contribution in [0.25, 0.3) is 0 Å². The fraction of sp³-hybridized carbons (Fsp3) is 0.300. The first-order valence-electron chi connectivity index (χ1n) is 9.13. The van der Waals surface area contributed by atoms with Crippen molar-refractivity contribution in [2.75, 3.05) is 21.3 Å². The smallest absolute Gasteiger partial charge is 0.334 e. The zero-order chi connectivity index (χ0) is 23.0. The number of non-ortho nitro benzene ring substituents is 1. The van der Waals surface area contributed by atoms with Gasteiger partial charge in [-0.15, -0.1) is 0 Å². The standard InChI is InChI=1S/C20H23N2O8P/c1-28-20(24)18(12-14-6-10-17(11-7-14)22(25)26)21-19(23)16-8-4-15(5-9-16)13-31(27,29-2)30-3/h4-11,18H,12-13H2,1-3H3,(H,21,23)/t18-/m1/s1. The number of esters is 1. The summed E-state index contributed by atoms with van der Waals surface area (Å²) in [6, 6.07) is 11.0. The summed E-state index contributed by atoms with van der Waals surface area (Å²) in [5, 5.41) is 13.4. The number of amides is 1. The number of hydrogen-bond acceptors (Lipinski definition) is 8. The molecule has 0 saturated heterocycles. The van der Waals surface area contributed by atoms with Gasteiger partial charge >= 0.3 is 13.6 Å². The van der Waals surface area contributed by atoms with Crippen molar-refractivity contribution in [3.63, 3.8) is 0 Å². The first-order valence-corrected chi connectivity index (χ1v) is 10.9. The van der Waals surface area contributed by atoms with E-state index in [9.17, 15) is 24.3 Å². The number of rotatable bonds is 10. The van der Waals surface area contributed by atoms with Gasteiger partial charge in [-0.05, 0) is 23.3 Å². The van der Waals surface area contributed by atoms with Crippen LogP contribution in [-0.2, 0) is 35.7 Å². The van der Waals surface area contributed by atoms with Gasteiger partial charge in [0.25, 0.3) is 11.6 Å². The van der Waals surface area contributed by atoms with E-state index < -0.39 is 30.4 Å². The lowest BCUT2D eigenvalue weighted by molar-refractivity contribution is -0.384. The lowest BCUT2D eigenvalue weighted by atomic mass is 10.0. The molecule has 2 aromatic rings. The highest BCUT2D eigenvalue weighted by molar-refractivity contribution is 7.52. The largest absolute Gasteiger partial charge is 0.467 e. The summed E-state index contributed by atoms with van der Waals surface area (Å²) in [6.45, 7) is 0. The normalized spacial score (nSPS) is 12.1. The lowest BCUT2D eigenvalue weighted by Crippen LogP contribution is -2.43. The second-order valence-electron chi connectivity index (χ2n) is 6.51. The average Bonchev–Trinajstić information content (AvgIpc) is 2.78. The summed E-state index contributed by atoms with van der Waals surface area (Å²) >= 11 is 0. The number of methoxy groups -OCH3 is 1. The molecule has 0 aromatic heterocycles. The van der Waals surface area contributed by atoms with E-state index in [4.69, 9.17) is 13.8 Å². The van der Waals surface area contributed by atoms with E-state index in [1.807, 2.05) is 0 Å². The molecule has 1 atom stereocenters. The Bertz CT molecular complexity index is 968. The molecule has 0 spiro atoms. The van der Waals surface area contributed by atoms with Gasteiger partial charge in [0.1, 0.15) is 6.04 Å². The van der Waals surface area contributed by atoms with Crippen molar-refractivity contribution in [3.8, 4) is 0 Å². The van der Waals surface area contributed by atoms with Crippen LogP contribution in [0.4, 0.5) is 5.69 Å². The summed E-state index contributed by atoms with van der Waals surface area (Å²) in [6.07, 6.45) is 0.145. The number of nitro benzene ring substituents is 1. The van der Waals surface area contributed by atoms with Gasteiger partial charge < -0.3 is 19.1 Å². The molecular formula is C20H23N2O8P. The van der Waals surface area contributed by atoms with E-state index in [0.717, 1.165) is 0 Å². The molecule has 0 unspecified atom stereocenters. The van der Waals surface area contributed by atoms with Gasteiger partial charge in [0.05, 0.1) is 18.2 Å². The van der Waals surface area contributed by atoms with Gasteiger partial charge in [0.2, 0.25) is 0 Å². The summed E-state index contributed by atoms with van der Waals surface area (Å²) in [7, 11) is 0.561. The van der Waals surface area contributed by atoms with Gasteiger partial charge in [-0.3, -0.25) is 19.5 Å². The van der Waals surface area contributed by atoms with Crippen molar-refractivity contribution >= 4 is 25.2 Å². The molecule has 1 amide bonds. The maximum atomic E-state index is 12.6. The minimum Gasteiger partial charge on any atom is -0.467 e. The number of hydrogen-bond donors (Lipinski definition) is 1. The monoisotopic (exact) mass is 450 g/mol. The SMILES string of the molecule is COC(=O)[C@@H](Cc1ccc([N+](=O)[O-])cc1)NC(=O)c1ccc(CP(=O)(OC)OC)cc1. The Morgan fingerprint density at radius 3 is 2.03 bits per heavy atom. The van der Waals surface area contributed by atoms with Crippen LogP contribution in [0.3, 0.4) is 0 Å². The zero-order valence-corrected chi connectivity index (χ0v) is 18.2. The Balaban J connectivity index is 2.10. The fourth-order valence-corrected chi connectivity index (χ4v) is 3.82. The molecule has 0 radical (unpaired) electrons. The Morgan fingerprint density at radius 2 is 1.55 bits per heavy atom. The molecule has 0 heterocycles. The van der Waals surface area contributed by atoms with Crippen LogP contribution >= 0.6 is 7.60 Å². The van der Waals surface area contributed by atoms with E-state index in [1.54, 1.807) is 12.1 Å². The number of benzene rings is 2. The van der Waals surface area contributed by atoms with Gasteiger partial charge in [0.15, 0.2) is 0 Å². The van der Waals surface area contributed by atoms with Gasteiger partial charge in [0, 0.05) is 38.3 Å². The van der Waals surface area contributed by atoms with Crippen LogP contribution in [0.2, 0.25) is 0 Å². The molecule has 0 bridgehead atoms. The van der Waals surface area contributed by atoms with E-state index >= 15 is 0 Å². The van der Waals surface area contributed by atoms with E-state index in [1.165, 1.54) is 57.7 Å². The molecular weight excluding hydrogens is 427 g/mol. The average molecular weight is 450 g/mol. The lowest BCUT2D eigenvalue weighted by Gasteiger charge is -2.17. The first-order chi connectivity index (χ1) is 14.7. The number of nitrogens with one attached hydrogen (secondary N) is 1. The topological polar surface area (TPSA) is 134 Å². The third kappa shape index (κ3) is 6.71. The minimum absolute atomic E-state index is 0.0484. The molecule has 166 valence electrons. The molecule has 10 nitrogen and oxygen atoms in total. The molecule has 0 fully saturated rings. The van der Waals surface area contributed by atoms with Crippen molar-refractivity contribution in [2.24, 2.45) is 0 Å². The number of nitrogens with zero attached hydrogens (tertiary/aromatic N) is 1. The van der Waals surface area contributed by atoms with Gasteiger partial charge in [-0.2, -0.15) is 0 Å². The van der Waals surface area contributed by atoms with E-state index in [2.05, 4.69) is 5.32 Å². The van der Waals surface area contributed by atoms with Crippen LogP contribution in [0.15, 0.2) is 48.5 Å². The third-order valence-corrected chi connectivity index (χ3v) is 6.39. The molecule has 0 aliphatic heterocycles. The predicted octanol–water partition coefficient (Wildman–Crippen LogP) is 3.09. The highest BCUT2D eigenvalue weighted by Gasteiger charge is 2.24. The summed E-state index contributed by atoms with van der Waals surface area (Å²) in [5.41, 5.74) is 1.48. The van der Waals surface area contributed by atoms with E-state index in [-0.39, 0.29) is 23.8 Å². The Kier molecular flexibility index (Phi) is 8.44. The van der Waals surface area contributed by atoms with Gasteiger partial charge in [-0.25, -0.2) is 4.79 Å². The third-order valence-electron chi connectivity index (χ3n) is 4.53. The molecule has 0 aliphatic carbocycles. The van der Waals surface area contributed by atoms with E-state index in [0.29, 0.717) is 11.1 Å². The molecule has 31 heavy (non-hydrogen) atoms. The number of ether oxygens (including phenoxy) is 1. The minimum atomic E-state index is -3.23. The molecule has 1 N–H and O–H groups in total. The second-order valence-corrected chi connectivity index (χ2v) is 8.78. The Labute approximate surface area is 179 Å². The number of nitro groups is 1. The maximum absolute atomic E-state index is 12.6. The highest BCUT2D eigenvalue weighted by atomic mass is 31.2. The summed E-state index contributed by atoms with van der Waals surface area (Å²) in [4.78, 5) is 35.0. The van der Waals surface area contributed by atoms with Crippen LogP contribution in [0.1, 0.15) is 21.5 Å². The molecule has 0 aliphatic rings. The second kappa shape index (κ2) is 10.8. The van der Waals surface area contributed by atoms with Crippen LogP contribution in [0, 0.1) is 10.1 Å². The summed E-state index contributed by atoms with van der Waals surface area (Å²) in [5.74, 6) is -1.16. The van der Waals surface area contributed by atoms with Crippen LogP contribution in [-0.4, -0.2) is 44.2 Å². The maximum Gasteiger partial charge on any atom is 0.334 e. The number of carbonyl (C=O) groups excluding carboxylic acids is 2. The van der Waals surface area contributed by atoms with Crippen LogP contribution in [0.5, 0.6) is 0 Å². The number of carbonyl (C=O) groups is 2. The van der Waals surface area contributed by atoms with Crippen molar-refractivity contribution in [1.82, 2.24) is 5.32 Å². The molecule has 11 heteroatoms. The van der Waals surface area contributed by atoms with Crippen molar-refractivity contribution in [1.29, 1.82) is 0 Å². The summed E-state index contributed by atoms with van der Waals surface area (Å²) < 4.78 is 26.8. The fourth-order valence-electron chi connectivity index (χ4n) is 2.76. The Hall–Kier alpha value is -3.07. The van der Waals surface area contributed by atoms with Crippen molar-refractivity contribution < 1.29 is 32.9 Å². The Morgan fingerprint density at radius 1 is 1.00 bits per heavy atom. The highest BCUT2D eigenvalue weighted by Crippen LogP contribution is 2.49. The quantitative estimate of drug-likeness (QED) is 0.253.